The molecule has 0 amide bonds. The van der Waals surface area contributed by atoms with Crippen LogP contribution in [-0.4, -0.2) is 61.7 Å². The van der Waals surface area contributed by atoms with Gasteiger partial charge in [0.1, 0.15) is 5.82 Å². The third kappa shape index (κ3) is 4.95. The Morgan fingerprint density at radius 1 is 1.24 bits per heavy atom. The van der Waals surface area contributed by atoms with Crippen molar-refractivity contribution < 1.29 is 0 Å². The van der Waals surface area contributed by atoms with Crippen LogP contribution in [0.2, 0.25) is 0 Å². The quantitative estimate of drug-likeness (QED) is 0.484. The summed E-state index contributed by atoms with van der Waals surface area (Å²) in [4.78, 5) is 14.2. The average molecular weight is 342 g/mol. The topological polar surface area (TPSA) is 55.8 Å². The van der Waals surface area contributed by atoms with Crippen LogP contribution in [0.5, 0.6) is 0 Å². The highest BCUT2D eigenvalue weighted by molar-refractivity contribution is 5.80. The fraction of sp³-hybridized carbons (Fsp3) is 0.579. The molecule has 2 N–H and O–H groups in total. The smallest absolute Gasteiger partial charge is 0.191 e. The number of pyridine rings is 1. The molecule has 6 heteroatoms. The van der Waals surface area contributed by atoms with Crippen molar-refractivity contribution in [2.75, 3.05) is 44.7 Å². The van der Waals surface area contributed by atoms with Crippen LogP contribution in [0.3, 0.4) is 0 Å². The first-order valence-electron chi connectivity index (χ1n) is 9.33. The maximum Gasteiger partial charge on any atom is 0.191 e. The van der Waals surface area contributed by atoms with Crippen molar-refractivity contribution in [3.05, 3.63) is 36.0 Å². The number of anilines is 1. The van der Waals surface area contributed by atoms with E-state index in [-0.39, 0.29) is 0 Å². The number of guanidine groups is 1. The van der Waals surface area contributed by atoms with Crippen molar-refractivity contribution in [1.29, 1.82) is 0 Å². The number of piperazine rings is 1. The first kappa shape index (κ1) is 17.7. The fourth-order valence-corrected chi connectivity index (χ4v) is 3.27. The lowest BCUT2D eigenvalue weighted by Crippen LogP contribution is -2.45. The second-order valence-electron chi connectivity index (χ2n) is 6.76. The van der Waals surface area contributed by atoms with E-state index in [2.05, 4.69) is 57.6 Å². The molecule has 0 saturated carbocycles. The minimum absolute atomic E-state index is 0.462. The lowest BCUT2D eigenvalue weighted by Gasteiger charge is -2.34. The summed E-state index contributed by atoms with van der Waals surface area (Å²) in [6.45, 7) is 7.82. The van der Waals surface area contributed by atoms with E-state index >= 15 is 0 Å². The van der Waals surface area contributed by atoms with Gasteiger partial charge in [-0.05, 0) is 32.9 Å². The molecule has 1 aromatic heterocycles. The van der Waals surface area contributed by atoms with Crippen molar-refractivity contribution in [3.8, 4) is 0 Å². The Kier molecular flexibility index (Phi) is 6.28. The van der Waals surface area contributed by atoms with Crippen molar-refractivity contribution in [1.82, 2.24) is 20.5 Å². The second-order valence-corrected chi connectivity index (χ2v) is 6.76. The number of hydrogen-bond donors (Lipinski definition) is 2. The lowest BCUT2D eigenvalue weighted by atomic mass is 10.2. The monoisotopic (exact) mass is 342 g/mol. The molecule has 1 aliphatic heterocycles. The zero-order valence-electron chi connectivity index (χ0n) is 15.4. The molecule has 0 spiro atoms. The highest BCUT2D eigenvalue weighted by atomic mass is 15.3. The Morgan fingerprint density at radius 3 is 2.72 bits per heavy atom. The number of nitrogens with zero attached hydrogens (tertiary/aromatic N) is 4. The predicted octanol–water partition coefficient (Wildman–Crippen LogP) is 1.61. The minimum atomic E-state index is 0.462. The van der Waals surface area contributed by atoms with Gasteiger partial charge in [0, 0.05) is 50.5 Å². The van der Waals surface area contributed by atoms with Gasteiger partial charge in [0.2, 0.25) is 0 Å². The van der Waals surface area contributed by atoms with Crippen LogP contribution in [0.15, 0.2) is 35.5 Å². The van der Waals surface area contributed by atoms with Crippen LogP contribution in [0, 0.1) is 0 Å². The molecule has 1 aromatic rings. The summed E-state index contributed by atoms with van der Waals surface area (Å²) in [6, 6.07) is 4.61. The third-order valence-electron chi connectivity index (χ3n) is 4.77. The summed E-state index contributed by atoms with van der Waals surface area (Å²) < 4.78 is 0. The second kappa shape index (κ2) is 8.85. The van der Waals surface area contributed by atoms with Crippen LogP contribution in [0.1, 0.15) is 25.3 Å². The maximum atomic E-state index is 4.81. The molecule has 0 unspecified atom stereocenters. The number of hydrogen-bond acceptors (Lipinski definition) is 4. The van der Waals surface area contributed by atoms with Crippen LogP contribution >= 0.6 is 0 Å². The molecule has 6 nitrogen and oxygen atoms in total. The average Bonchev–Trinajstić information content (AvgIpc) is 3.14. The zero-order valence-corrected chi connectivity index (χ0v) is 15.4. The Balaban J connectivity index is 1.68. The summed E-state index contributed by atoms with van der Waals surface area (Å²) in [5.41, 5.74) is 1.19. The fourth-order valence-electron chi connectivity index (χ4n) is 3.27. The molecule has 0 atom stereocenters. The molecule has 136 valence electrons. The van der Waals surface area contributed by atoms with E-state index in [0.717, 1.165) is 57.3 Å². The van der Waals surface area contributed by atoms with Gasteiger partial charge in [-0.25, -0.2) is 9.98 Å². The predicted molar refractivity (Wildman–Crippen MR) is 104 cm³/mol. The van der Waals surface area contributed by atoms with Crippen LogP contribution in [0.4, 0.5) is 5.82 Å². The lowest BCUT2D eigenvalue weighted by molar-refractivity contribution is 0.312. The number of aliphatic imine (C=N–C) groups is 1. The van der Waals surface area contributed by atoms with Gasteiger partial charge in [0.15, 0.2) is 5.96 Å². The van der Waals surface area contributed by atoms with Gasteiger partial charge < -0.3 is 20.4 Å². The molecule has 1 fully saturated rings. The van der Waals surface area contributed by atoms with Gasteiger partial charge in [0.05, 0.1) is 6.54 Å². The van der Waals surface area contributed by atoms with E-state index < -0.39 is 0 Å². The molecule has 1 aliphatic carbocycles. The van der Waals surface area contributed by atoms with E-state index in [0.29, 0.717) is 12.6 Å². The molecular weight excluding hydrogens is 312 g/mol. The van der Waals surface area contributed by atoms with Gasteiger partial charge in [-0.1, -0.05) is 18.2 Å². The Bertz CT molecular complexity index is 596. The summed E-state index contributed by atoms with van der Waals surface area (Å²) in [5, 5.41) is 6.88. The van der Waals surface area contributed by atoms with E-state index in [4.69, 9.17) is 4.99 Å². The Hall–Kier alpha value is -2.08. The Labute approximate surface area is 151 Å². The molecular formula is C19H30N6. The molecule has 2 heterocycles. The molecule has 0 bridgehead atoms. The van der Waals surface area contributed by atoms with Gasteiger partial charge >= 0.3 is 0 Å². The summed E-state index contributed by atoms with van der Waals surface area (Å²) in [6.07, 6.45) is 8.49. The SMILES string of the molecule is CCNC(=NCc1cccnc1N1CCN(C)CC1)NC1CC=CC1. The van der Waals surface area contributed by atoms with Gasteiger partial charge in [-0.15, -0.1) is 0 Å². The summed E-state index contributed by atoms with van der Waals surface area (Å²) in [5.74, 6) is 1.97. The van der Waals surface area contributed by atoms with Crippen LogP contribution < -0.4 is 15.5 Å². The van der Waals surface area contributed by atoms with Crippen LogP contribution in [-0.2, 0) is 6.54 Å². The van der Waals surface area contributed by atoms with E-state index in [1.165, 1.54) is 5.56 Å². The molecule has 1 saturated heterocycles. The maximum absolute atomic E-state index is 4.81. The number of nitrogens with one attached hydrogen (secondary N) is 2. The van der Waals surface area contributed by atoms with Gasteiger partial charge in [-0.3, -0.25) is 0 Å². The largest absolute Gasteiger partial charge is 0.357 e. The molecule has 3 rings (SSSR count). The molecule has 0 aromatic carbocycles. The summed E-state index contributed by atoms with van der Waals surface area (Å²) in [7, 11) is 2.17. The Morgan fingerprint density at radius 2 is 2.00 bits per heavy atom. The van der Waals surface area contributed by atoms with Gasteiger partial charge in [-0.2, -0.15) is 0 Å². The molecule has 0 radical (unpaired) electrons. The highest BCUT2D eigenvalue weighted by Crippen LogP contribution is 2.19. The van der Waals surface area contributed by atoms with Gasteiger partial charge in [0.25, 0.3) is 0 Å². The van der Waals surface area contributed by atoms with Crippen molar-refractivity contribution in [2.24, 2.45) is 4.99 Å². The number of aromatic nitrogens is 1. The van der Waals surface area contributed by atoms with E-state index in [9.17, 15) is 0 Å². The van der Waals surface area contributed by atoms with E-state index in [1.54, 1.807) is 0 Å². The van der Waals surface area contributed by atoms with E-state index in [1.807, 2.05) is 12.3 Å². The molecule has 25 heavy (non-hydrogen) atoms. The van der Waals surface area contributed by atoms with Crippen molar-refractivity contribution in [3.63, 3.8) is 0 Å². The highest BCUT2D eigenvalue weighted by Gasteiger charge is 2.18. The molecule has 2 aliphatic rings. The minimum Gasteiger partial charge on any atom is -0.357 e. The first-order chi connectivity index (χ1) is 12.3. The third-order valence-corrected chi connectivity index (χ3v) is 4.77. The number of likely N-dealkylation sites (N-methyl/N-ethyl adjacent to an activating group) is 1. The first-order valence-corrected chi connectivity index (χ1v) is 9.33. The standard InChI is InChI=1S/C19H30N6/c1-3-20-19(23-17-8-4-5-9-17)22-15-16-7-6-10-21-18(16)25-13-11-24(2)12-14-25/h4-7,10,17H,3,8-9,11-15H2,1-2H3,(H2,20,22,23). The zero-order chi connectivity index (χ0) is 17.5. The van der Waals surface area contributed by atoms with Crippen molar-refractivity contribution >= 4 is 11.8 Å². The van der Waals surface area contributed by atoms with Crippen LogP contribution in [0.25, 0.3) is 0 Å². The number of rotatable bonds is 5. The van der Waals surface area contributed by atoms with Crippen molar-refractivity contribution in [2.45, 2.75) is 32.4 Å². The summed E-state index contributed by atoms with van der Waals surface area (Å²) >= 11 is 0. The normalized spacial score (nSPS) is 19.4.